The van der Waals surface area contributed by atoms with E-state index in [-0.39, 0.29) is 16.4 Å². The van der Waals surface area contributed by atoms with Crippen molar-refractivity contribution in [3.8, 4) is 0 Å². The third-order valence-corrected chi connectivity index (χ3v) is 9.77. The summed E-state index contributed by atoms with van der Waals surface area (Å²) in [6, 6.07) is 2.48. The zero-order valence-electron chi connectivity index (χ0n) is 16.5. The van der Waals surface area contributed by atoms with E-state index >= 15 is 0 Å². The van der Waals surface area contributed by atoms with E-state index in [0.717, 1.165) is 12.1 Å². The summed E-state index contributed by atoms with van der Waals surface area (Å²) in [6.07, 6.45) is -14.1. The van der Waals surface area contributed by atoms with Crippen LogP contribution in [0, 0.1) is 0 Å². The van der Waals surface area contributed by atoms with Crippen LogP contribution < -0.4 is 0 Å². The average Bonchev–Trinajstić information content (AvgIpc) is 2.55. The van der Waals surface area contributed by atoms with Gasteiger partial charge in [0.1, 0.15) is 0 Å². The Morgan fingerprint density at radius 1 is 0.710 bits per heavy atom. The van der Waals surface area contributed by atoms with Crippen LogP contribution >= 0.6 is 0 Å². The van der Waals surface area contributed by atoms with E-state index in [4.69, 9.17) is 0 Å². The predicted octanol–water partition coefficient (Wildman–Crippen LogP) is 8.38. The van der Waals surface area contributed by atoms with Crippen LogP contribution in [-0.4, -0.2) is 42.3 Å². The van der Waals surface area contributed by atoms with Crippen LogP contribution in [-0.2, 0) is 6.18 Å². The molecule has 0 fully saturated rings. The fraction of sp³-hybridized carbons (Fsp3) is 0.667. The third kappa shape index (κ3) is 6.59. The first-order chi connectivity index (χ1) is 13.5. The summed E-state index contributed by atoms with van der Waals surface area (Å²) in [5.41, 5.74) is -1.44. The van der Waals surface area contributed by atoms with Crippen molar-refractivity contribution in [2.45, 2.75) is 68.1 Å². The maximum atomic E-state index is 14.2. The normalized spacial score (nSPS) is 15.8. The van der Waals surface area contributed by atoms with Gasteiger partial charge >= 0.3 is 175 Å². The number of hydrogen-bond acceptors (Lipinski definition) is 0. The number of hydrogen-bond donors (Lipinski definition) is 0. The second-order valence-electron chi connectivity index (χ2n) is 8.47. The molecule has 0 aliphatic carbocycles. The number of rotatable bonds is 8. The van der Waals surface area contributed by atoms with Crippen molar-refractivity contribution in [3.05, 3.63) is 35.4 Å². The van der Waals surface area contributed by atoms with E-state index in [0.29, 0.717) is 12.1 Å². The van der Waals surface area contributed by atoms with Crippen LogP contribution in [0.25, 0.3) is 0 Å². The van der Waals surface area contributed by atoms with Crippen molar-refractivity contribution < 1.29 is 52.7 Å². The Bertz CT molecular complexity index is 726. The molecule has 0 heterocycles. The SMILES string of the molecule is [CH3][Sn]([CH3])([CH3])[CH2]CC(CC(F)(F)C(F)(F)C(F)(F)C(F)(F)F)c1ccc(C(F)(F)F)cc1. The molecule has 0 aliphatic heterocycles. The minimum absolute atomic E-state index is 0.262. The van der Waals surface area contributed by atoms with Crippen molar-refractivity contribution in [1.29, 1.82) is 0 Å². The van der Waals surface area contributed by atoms with Gasteiger partial charge in [0.25, 0.3) is 0 Å². The molecule has 0 bridgehead atoms. The van der Waals surface area contributed by atoms with E-state index in [2.05, 4.69) is 0 Å². The second-order valence-corrected chi connectivity index (χ2v) is 24.5. The molecule has 1 atom stereocenters. The summed E-state index contributed by atoms with van der Waals surface area (Å²) < 4.78 is 157. The van der Waals surface area contributed by atoms with Gasteiger partial charge in [-0.05, 0) is 0 Å². The van der Waals surface area contributed by atoms with Gasteiger partial charge in [-0.25, -0.2) is 0 Å². The summed E-state index contributed by atoms with van der Waals surface area (Å²) in [5.74, 6) is -21.2. The molecule has 0 saturated heterocycles. The predicted molar refractivity (Wildman–Crippen MR) is 92.5 cm³/mol. The summed E-state index contributed by atoms with van der Waals surface area (Å²) in [6.45, 7) is 0. The molecule has 0 aliphatic rings. The molecule has 0 amide bonds. The van der Waals surface area contributed by atoms with E-state index in [1.807, 2.05) is 14.8 Å². The van der Waals surface area contributed by atoms with E-state index in [9.17, 15) is 52.7 Å². The molecule has 1 unspecified atom stereocenters. The molecule has 31 heavy (non-hydrogen) atoms. The van der Waals surface area contributed by atoms with E-state index in [1.54, 1.807) is 0 Å². The molecule has 13 heteroatoms. The Kier molecular flexibility index (Phi) is 8.05. The standard InChI is InChI=1S/C15H11F12.3CH3.Sn/c1-2-8(9-3-5-10(6-4-9)12(18,19)20)7-11(16,17)13(21,22)14(23,24)15(25,26)27;;;;/h3-6,8H,1-2,7H2;3*1H3;. The number of halogens is 12. The molecule has 180 valence electrons. The fourth-order valence-corrected chi connectivity index (χ4v) is 6.25. The van der Waals surface area contributed by atoms with Crippen LogP contribution in [0.2, 0.25) is 19.3 Å². The van der Waals surface area contributed by atoms with Crippen molar-refractivity contribution in [3.63, 3.8) is 0 Å². The Labute approximate surface area is 174 Å². The first-order valence-electron chi connectivity index (χ1n) is 8.90. The molecule has 0 N–H and O–H groups in total. The van der Waals surface area contributed by atoms with Gasteiger partial charge in [-0.2, -0.15) is 0 Å². The van der Waals surface area contributed by atoms with Crippen LogP contribution in [0.15, 0.2) is 24.3 Å². The van der Waals surface area contributed by atoms with Gasteiger partial charge in [-0.3, -0.25) is 0 Å². The molecule has 0 saturated carbocycles. The van der Waals surface area contributed by atoms with Gasteiger partial charge in [0.2, 0.25) is 0 Å². The van der Waals surface area contributed by atoms with Crippen LogP contribution in [0.1, 0.15) is 29.9 Å². The summed E-state index contributed by atoms with van der Waals surface area (Å²) in [7, 11) is 0. The summed E-state index contributed by atoms with van der Waals surface area (Å²) in [4.78, 5) is 5.51. The first kappa shape index (κ1) is 28.2. The molecule has 1 aromatic carbocycles. The molecule has 0 nitrogen and oxygen atoms in total. The molecule has 1 rings (SSSR count). The number of alkyl halides is 12. The Morgan fingerprint density at radius 2 is 1.16 bits per heavy atom. The topological polar surface area (TPSA) is 0 Å². The summed E-state index contributed by atoms with van der Waals surface area (Å²) >= 11 is -2.76. The number of benzene rings is 1. The maximum absolute atomic E-state index is 14.2. The first-order valence-corrected chi connectivity index (χ1v) is 19.5. The Morgan fingerprint density at radius 3 is 1.52 bits per heavy atom. The van der Waals surface area contributed by atoms with Crippen molar-refractivity contribution in [2.75, 3.05) is 0 Å². The molecule has 0 aromatic heterocycles. The zero-order chi connectivity index (χ0) is 24.7. The monoisotopic (exact) mass is 584 g/mol. The average molecular weight is 583 g/mol. The molecule has 0 radical (unpaired) electrons. The van der Waals surface area contributed by atoms with Crippen molar-refractivity contribution in [2.24, 2.45) is 0 Å². The molecular formula is C18H20F12Sn. The molecular weight excluding hydrogens is 563 g/mol. The van der Waals surface area contributed by atoms with Crippen molar-refractivity contribution in [1.82, 2.24) is 0 Å². The van der Waals surface area contributed by atoms with Crippen LogP contribution in [0.4, 0.5) is 52.7 Å². The zero-order valence-corrected chi connectivity index (χ0v) is 19.4. The van der Waals surface area contributed by atoms with Gasteiger partial charge in [-0.1, -0.05) is 0 Å². The minimum atomic E-state index is -7.00. The fourth-order valence-electron chi connectivity index (χ4n) is 2.78. The van der Waals surface area contributed by atoms with Gasteiger partial charge in [0, 0.05) is 0 Å². The molecule has 0 spiro atoms. The van der Waals surface area contributed by atoms with Gasteiger partial charge < -0.3 is 0 Å². The van der Waals surface area contributed by atoms with Crippen LogP contribution in [0.5, 0.6) is 0 Å². The molecule has 1 aromatic rings. The van der Waals surface area contributed by atoms with Crippen molar-refractivity contribution >= 4 is 18.4 Å². The van der Waals surface area contributed by atoms with Crippen LogP contribution in [0.3, 0.4) is 0 Å². The van der Waals surface area contributed by atoms with E-state index in [1.165, 1.54) is 0 Å². The Balaban J connectivity index is 3.34. The van der Waals surface area contributed by atoms with Gasteiger partial charge in [0.05, 0.1) is 0 Å². The summed E-state index contributed by atoms with van der Waals surface area (Å²) in [5, 5.41) is 0. The quantitative estimate of drug-likeness (QED) is 0.213. The van der Waals surface area contributed by atoms with Gasteiger partial charge in [-0.15, -0.1) is 0 Å². The second kappa shape index (κ2) is 8.85. The van der Waals surface area contributed by atoms with Gasteiger partial charge in [0.15, 0.2) is 0 Å². The van der Waals surface area contributed by atoms with E-state index < -0.39 is 66.4 Å². The Hall–Kier alpha value is -0.821. The third-order valence-electron chi connectivity index (χ3n) is 4.66.